The van der Waals surface area contributed by atoms with E-state index in [1.165, 1.54) is 5.56 Å². The molecule has 1 atom stereocenters. The monoisotopic (exact) mass is 269 g/mol. The van der Waals surface area contributed by atoms with Gasteiger partial charge in [-0.1, -0.05) is 42.5 Å². The van der Waals surface area contributed by atoms with Crippen molar-refractivity contribution in [1.29, 1.82) is 0 Å². The summed E-state index contributed by atoms with van der Waals surface area (Å²) in [6.45, 7) is 2.90. The highest BCUT2D eigenvalue weighted by Crippen LogP contribution is 2.06. The van der Waals surface area contributed by atoms with Crippen molar-refractivity contribution in [2.75, 3.05) is 0 Å². The van der Waals surface area contributed by atoms with Crippen molar-refractivity contribution in [3.05, 3.63) is 71.3 Å². The van der Waals surface area contributed by atoms with Crippen LogP contribution in [-0.4, -0.2) is 17.1 Å². The fourth-order valence-electron chi connectivity index (χ4n) is 2.10. The largest absolute Gasteiger partial charge is 0.478 e. The molecule has 0 aliphatic rings. The van der Waals surface area contributed by atoms with Gasteiger partial charge >= 0.3 is 5.97 Å². The third-order valence-corrected chi connectivity index (χ3v) is 3.24. The van der Waals surface area contributed by atoms with E-state index in [1.807, 2.05) is 30.3 Å². The maximum atomic E-state index is 10.8. The molecule has 0 fully saturated rings. The molecule has 0 bridgehead atoms. The van der Waals surface area contributed by atoms with Gasteiger partial charge in [0.1, 0.15) is 0 Å². The minimum Gasteiger partial charge on any atom is -0.478 e. The molecule has 0 saturated heterocycles. The Bertz CT molecular complexity index is 549. The molecule has 0 radical (unpaired) electrons. The van der Waals surface area contributed by atoms with E-state index in [0.29, 0.717) is 11.6 Å². The lowest BCUT2D eigenvalue weighted by atomic mass is 10.1. The summed E-state index contributed by atoms with van der Waals surface area (Å²) in [4.78, 5) is 10.8. The van der Waals surface area contributed by atoms with Crippen LogP contribution in [0.3, 0.4) is 0 Å². The molecule has 20 heavy (non-hydrogen) atoms. The number of aromatic carboxylic acids is 1. The minimum atomic E-state index is -0.887. The number of nitrogens with one attached hydrogen (secondary N) is 1. The van der Waals surface area contributed by atoms with Crippen molar-refractivity contribution in [2.45, 2.75) is 25.9 Å². The highest BCUT2D eigenvalue weighted by molar-refractivity contribution is 5.87. The van der Waals surface area contributed by atoms with Gasteiger partial charge in [0.15, 0.2) is 0 Å². The molecule has 0 aliphatic heterocycles. The molecule has 0 saturated carbocycles. The molecular weight excluding hydrogens is 250 g/mol. The molecule has 3 heteroatoms. The first-order valence-electron chi connectivity index (χ1n) is 6.74. The predicted octanol–water partition coefficient (Wildman–Crippen LogP) is 3.11. The van der Waals surface area contributed by atoms with Crippen molar-refractivity contribution < 1.29 is 9.90 Å². The van der Waals surface area contributed by atoms with Gasteiger partial charge in [-0.05, 0) is 36.6 Å². The molecule has 0 aliphatic carbocycles. The number of hydrogen-bond donors (Lipinski definition) is 2. The maximum absolute atomic E-state index is 10.8. The summed E-state index contributed by atoms with van der Waals surface area (Å²) in [6.07, 6.45) is 0.980. The van der Waals surface area contributed by atoms with Gasteiger partial charge in [-0.25, -0.2) is 4.79 Å². The van der Waals surface area contributed by atoms with Gasteiger partial charge in [0, 0.05) is 12.6 Å². The van der Waals surface area contributed by atoms with Gasteiger partial charge in [-0.3, -0.25) is 0 Å². The lowest BCUT2D eigenvalue weighted by Crippen LogP contribution is -2.27. The van der Waals surface area contributed by atoms with E-state index in [1.54, 1.807) is 12.1 Å². The van der Waals surface area contributed by atoms with E-state index in [2.05, 4.69) is 24.4 Å². The summed E-state index contributed by atoms with van der Waals surface area (Å²) in [5.74, 6) is -0.887. The van der Waals surface area contributed by atoms with Crippen molar-refractivity contribution in [1.82, 2.24) is 5.32 Å². The number of hydrogen-bond acceptors (Lipinski definition) is 2. The van der Waals surface area contributed by atoms with Crippen molar-refractivity contribution in [3.8, 4) is 0 Å². The van der Waals surface area contributed by atoms with Crippen molar-refractivity contribution in [3.63, 3.8) is 0 Å². The average Bonchev–Trinajstić information content (AvgIpc) is 2.46. The topological polar surface area (TPSA) is 49.3 Å². The third-order valence-electron chi connectivity index (χ3n) is 3.24. The van der Waals surface area contributed by atoms with Crippen LogP contribution in [0, 0.1) is 0 Å². The SMILES string of the molecule is CC(Cc1ccccc1)NCc1ccc(C(=O)O)cc1. The zero-order chi connectivity index (χ0) is 14.4. The van der Waals surface area contributed by atoms with E-state index >= 15 is 0 Å². The second kappa shape index (κ2) is 6.87. The molecule has 1 unspecified atom stereocenters. The summed E-state index contributed by atoms with van der Waals surface area (Å²) in [5, 5.41) is 12.3. The fraction of sp³-hybridized carbons (Fsp3) is 0.235. The number of rotatable bonds is 6. The number of benzene rings is 2. The average molecular weight is 269 g/mol. The third kappa shape index (κ3) is 4.21. The quantitative estimate of drug-likeness (QED) is 0.847. The Hall–Kier alpha value is -2.13. The predicted molar refractivity (Wildman–Crippen MR) is 79.8 cm³/mol. The van der Waals surface area contributed by atoms with Crippen LogP contribution in [0.25, 0.3) is 0 Å². The number of carboxylic acid groups (broad SMARTS) is 1. The van der Waals surface area contributed by atoms with Crippen LogP contribution in [0.4, 0.5) is 0 Å². The highest BCUT2D eigenvalue weighted by atomic mass is 16.4. The lowest BCUT2D eigenvalue weighted by Gasteiger charge is -2.14. The molecule has 3 nitrogen and oxygen atoms in total. The molecule has 2 rings (SSSR count). The van der Waals surface area contributed by atoms with Gasteiger partial charge in [-0.15, -0.1) is 0 Å². The molecule has 0 amide bonds. The standard InChI is InChI=1S/C17H19NO2/c1-13(11-14-5-3-2-4-6-14)18-12-15-7-9-16(10-8-15)17(19)20/h2-10,13,18H,11-12H2,1H3,(H,19,20). The summed E-state index contributed by atoms with van der Waals surface area (Å²) in [7, 11) is 0. The minimum absolute atomic E-state index is 0.325. The molecule has 0 aromatic heterocycles. The summed E-state index contributed by atoms with van der Waals surface area (Å²) in [6, 6.07) is 17.7. The fourth-order valence-corrected chi connectivity index (χ4v) is 2.10. The van der Waals surface area contributed by atoms with Gasteiger partial charge in [0.2, 0.25) is 0 Å². The van der Waals surface area contributed by atoms with E-state index in [0.717, 1.165) is 18.5 Å². The first-order chi connectivity index (χ1) is 9.65. The molecule has 104 valence electrons. The highest BCUT2D eigenvalue weighted by Gasteiger charge is 2.04. The van der Waals surface area contributed by atoms with Crippen LogP contribution in [0.15, 0.2) is 54.6 Å². The normalized spacial score (nSPS) is 12.1. The van der Waals surface area contributed by atoms with Crippen LogP contribution in [0.5, 0.6) is 0 Å². The molecule has 2 N–H and O–H groups in total. The van der Waals surface area contributed by atoms with Crippen molar-refractivity contribution >= 4 is 5.97 Å². The zero-order valence-corrected chi connectivity index (χ0v) is 11.5. The van der Waals surface area contributed by atoms with Crippen LogP contribution < -0.4 is 5.32 Å². The van der Waals surface area contributed by atoms with Gasteiger partial charge in [0.05, 0.1) is 5.56 Å². The molecule has 0 heterocycles. The number of carboxylic acids is 1. The van der Waals surface area contributed by atoms with E-state index < -0.39 is 5.97 Å². The molecular formula is C17H19NO2. The molecule has 2 aromatic rings. The Morgan fingerprint density at radius 3 is 2.30 bits per heavy atom. The second-order valence-corrected chi connectivity index (χ2v) is 4.97. The Balaban J connectivity index is 1.84. The summed E-state index contributed by atoms with van der Waals surface area (Å²) < 4.78 is 0. The lowest BCUT2D eigenvalue weighted by molar-refractivity contribution is 0.0697. The van der Waals surface area contributed by atoms with Crippen LogP contribution in [0.2, 0.25) is 0 Å². The van der Waals surface area contributed by atoms with Gasteiger partial charge < -0.3 is 10.4 Å². The Morgan fingerprint density at radius 1 is 1.05 bits per heavy atom. The Kier molecular flexibility index (Phi) is 4.91. The van der Waals surface area contributed by atoms with E-state index in [-0.39, 0.29) is 0 Å². The van der Waals surface area contributed by atoms with Gasteiger partial charge in [-0.2, -0.15) is 0 Å². The summed E-state index contributed by atoms with van der Waals surface area (Å²) in [5.41, 5.74) is 2.73. The molecule has 2 aromatic carbocycles. The Morgan fingerprint density at radius 2 is 1.70 bits per heavy atom. The first-order valence-corrected chi connectivity index (χ1v) is 6.74. The zero-order valence-electron chi connectivity index (χ0n) is 11.5. The maximum Gasteiger partial charge on any atom is 0.335 e. The van der Waals surface area contributed by atoms with Crippen molar-refractivity contribution in [2.24, 2.45) is 0 Å². The number of carbonyl (C=O) groups is 1. The van der Waals surface area contributed by atoms with E-state index in [9.17, 15) is 4.79 Å². The van der Waals surface area contributed by atoms with Gasteiger partial charge in [0.25, 0.3) is 0 Å². The van der Waals surface area contributed by atoms with Crippen LogP contribution in [-0.2, 0) is 13.0 Å². The smallest absolute Gasteiger partial charge is 0.335 e. The van der Waals surface area contributed by atoms with E-state index in [4.69, 9.17) is 5.11 Å². The van der Waals surface area contributed by atoms with Crippen LogP contribution >= 0.6 is 0 Å². The first kappa shape index (κ1) is 14.3. The molecule has 0 spiro atoms. The van der Waals surface area contributed by atoms with Crippen LogP contribution in [0.1, 0.15) is 28.4 Å². The Labute approximate surface area is 119 Å². The summed E-state index contributed by atoms with van der Waals surface area (Å²) >= 11 is 0. The second-order valence-electron chi connectivity index (χ2n) is 4.97.